The molecule has 100 valence electrons. The van der Waals surface area contributed by atoms with E-state index >= 15 is 0 Å². The number of ether oxygens (including phenoxy) is 1. The number of amides is 1. The Kier molecular flexibility index (Phi) is 4.61. The highest BCUT2D eigenvalue weighted by Gasteiger charge is 2.09. The van der Waals surface area contributed by atoms with E-state index in [-0.39, 0.29) is 12.3 Å². The van der Waals surface area contributed by atoms with E-state index in [9.17, 15) is 4.79 Å². The maximum absolute atomic E-state index is 11.9. The molecule has 1 aromatic carbocycles. The highest BCUT2D eigenvalue weighted by atomic mass is 16.5. The van der Waals surface area contributed by atoms with Gasteiger partial charge in [0.1, 0.15) is 11.5 Å². The lowest BCUT2D eigenvalue weighted by Crippen LogP contribution is -2.15. The minimum atomic E-state index is -0.123. The topological polar surface area (TPSA) is 51.5 Å². The van der Waals surface area contributed by atoms with Gasteiger partial charge in [-0.3, -0.25) is 4.79 Å². The summed E-state index contributed by atoms with van der Waals surface area (Å²) < 4.78 is 10.7. The molecule has 0 atom stereocenters. The van der Waals surface area contributed by atoms with Crippen molar-refractivity contribution in [1.29, 1.82) is 0 Å². The van der Waals surface area contributed by atoms with E-state index in [1.54, 1.807) is 18.4 Å². The Morgan fingerprint density at radius 3 is 2.84 bits per heavy atom. The van der Waals surface area contributed by atoms with Crippen LogP contribution in [0.1, 0.15) is 19.1 Å². The molecule has 1 aromatic heterocycles. The lowest BCUT2D eigenvalue weighted by molar-refractivity contribution is -0.115. The smallest absolute Gasteiger partial charge is 0.232 e. The van der Waals surface area contributed by atoms with Crippen LogP contribution in [-0.4, -0.2) is 12.5 Å². The molecule has 2 rings (SSSR count). The summed E-state index contributed by atoms with van der Waals surface area (Å²) in [5.74, 6) is 1.21. The minimum absolute atomic E-state index is 0.123. The van der Waals surface area contributed by atoms with Crippen molar-refractivity contribution in [3.05, 3.63) is 48.4 Å². The maximum atomic E-state index is 11.9. The van der Waals surface area contributed by atoms with Crippen LogP contribution in [0.25, 0.3) is 0 Å². The van der Waals surface area contributed by atoms with Gasteiger partial charge in [0.05, 0.1) is 25.0 Å². The summed E-state index contributed by atoms with van der Waals surface area (Å²) in [6, 6.07) is 11.0. The Balaban J connectivity index is 1.99. The van der Waals surface area contributed by atoms with Gasteiger partial charge in [-0.2, -0.15) is 0 Å². The number of carbonyl (C=O) groups excluding carboxylic acids is 1. The zero-order valence-corrected chi connectivity index (χ0v) is 10.9. The van der Waals surface area contributed by atoms with E-state index in [4.69, 9.17) is 9.15 Å². The first-order chi connectivity index (χ1) is 9.29. The van der Waals surface area contributed by atoms with Gasteiger partial charge in [-0.25, -0.2) is 0 Å². The SMILES string of the molecule is CCCOc1ccccc1NC(=O)Cc1ccco1. The third-order valence-electron chi connectivity index (χ3n) is 2.54. The Labute approximate surface area is 112 Å². The second kappa shape index (κ2) is 6.64. The van der Waals surface area contributed by atoms with E-state index < -0.39 is 0 Å². The van der Waals surface area contributed by atoms with Gasteiger partial charge in [-0.15, -0.1) is 0 Å². The number of benzene rings is 1. The van der Waals surface area contributed by atoms with Gasteiger partial charge in [-0.05, 0) is 30.7 Å². The number of rotatable bonds is 6. The molecule has 2 aromatic rings. The number of hydrogen-bond donors (Lipinski definition) is 1. The van der Waals surface area contributed by atoms with Gasteiger partial charge >= 0.3 is 0 Å². The molecular formula is C15H17NO3. The Morgan fingerprint density at radius 2 is 2.11 bits per heavy atom. The van der Waals surface area contributed by atoms with Crippen LogP contribution in [0, 0.1) is 0 Å². The average molecular weight is 259 g/mol. The molecule has 0 aliphatic heterocycles. The van der Waals surface area contributed by atoms with Gasteiger partial charge in [-0.1, -0.05) is 19.1 Å². The molecule has 19 heavy (non-hydrogen) atoms. The maximum Gasteiger partial charge on any atom is 0.232 e. The van der Waals surface area contributed by atoms with Crippen LogP contribution >= 0.6 is 0 Å². The first kappa shape index (κ1) is 13.2. The summed E-state index contributed by atoms with van der Waals surface area (Å²) in [7, 11) is 0. The molecule has 0 bridgehead atoms. The molecule has 1 heterocycles. The Bertz CT molecular complexity index is 520. The van der Waals surface area contributed by atoms with Crippen molar-refractivity contribution < 1.29 is 13.9 Å². The van der Waals surface area contributed by atoms with Gasteiger partial charge in [0.25, 0.3) is 0 Å². The second-order valence-corrected chi connectivity index (χ2v) is 4.15. The fraction of sp³-hybridized carbons (Fsp3) is 0.267. The largest absolute Gasteiger partial charge is 0.491 e. The van der Waals surface area contributed by atoms with Crippen molar-refractivity contribution in [2.45, 2.75) is 19.8 Å². The van der Waals surface area contributed by atoms with E-state index in [0.29, 0.717) is 23.8 Å². The van der Waals surface area contributed by atoms with Crippen LogP contribution in [0.2, 0.25) is 0 Å². The predicted molar refractivity (Wildman–Crippen MR) is 73.3 cm³/mol. The quantitative estimate of drug-likeness (QED) is 0.866. The molecule has 0 aliphatic rings. The average Bonchev–Trinajstić information content (AvgIpc) is 2.90. The predicted octanol–water partition coefficient (Wildman–Crippen LogP) is 3.25. The number of para-hydroxylation sites is 2. The van der Waals surface area contributed by atoms with Crippen LogP contribution in [0.3, 0.4) is 0 Å². The summed E-state index contributed by atoms with van der Waals surface area (Å²) in [5, 5.41) is 2.83. The first-order valence-electron chi connectivity index (χ1n) is 6.33. The molecule has 0 spiro atoms. The summed E-state index contributed by atoms with van der Waals surface area (Å²) in [5.41, 5.74) is 0.688. The standard InChI is InChI=1S/C15H17NO3/c1-2-9-19-14-8-4-3-7-13(14)16-15(17)11-12-6-5-10-18-12/h3-8,10H,2,9,11H2,1H3,(H,16,17). The highest BCUT2D eigenvalue weighted by Crippen LogP contribution is 2.24. The van der Waals surface area contributed by atoms with Crippen LogP contribution < -0.4 is 10.1 Å². The van der Waals surface area contributed by atoms with Crippen molar-refractivity contribution in [3.63, 3.8) is 0 Å². The van der Waals surface area contributed by atoms with Crippen molar-refractivity contribution >= 4 is 11.6 Å². The third kappa shape index (κ3) is 3.88. The van der Waals surface area contributed by atoms with E-state index in [0.717, 1.165) is 6.42 Å². The fourth-order valence-corrected chi connectivity index (χ4v) is 1.67. The number of furan rings is 1. The number of anilines is 1. The molecule has 0 radical (unpaired) electrons. The Hall–Kier alpha value is -2.23. The summed E-state index contributed by atoms with van der Waals surface area (Å²) in [4.78, 5) is 11.9. The number of carbonyl (C=O) groups is 1. The lowest BCUT2D eigenvalue weighted by atomic mass is 10.2. The molecular weight excluding hydrogens is 242 g/mol. The molecule has 0 fully saturated rings. The normalized spacial score (nSPS) is 10.2. The van der Waals surface area contributed by atoms with Gasteiger partial charge in [0.15, 0.2) is 0 Å². The molecule has 4 nitrogen and oxygen atoms in total. The molecule has 4 heteroatoms. The number of hydrogen-bond acceptors (Lipinski definition) is 3. The van der Waals surface area contributed by atoms with Crippen LogP contribution in [0.5, 0.6) is 5.75 Å². The van der Waals surface area contributed by atoms with Crippen LogP contribution in [-0.2, 0) is 11.2 Å². The van der Waals surface area contributed by atoms with Crippen LogP contribution in [0.4, 0.5) is 5.69 Å². The Morgan fingerprint density at radius 1 is 1.26 bits per heavy atom. The molecule has 0 aliphatic carbocycles. The summed E-state index contributed by atoms with van der Waals surface area (Å²) in [6.45, 7) is 2.67. The zero-order valence-electron chi connectivity index (χ0n) is 10.9. The van der Waals surface area contributed by atoms with Gasteiger partial charge < -0.3 is 14.5 Å². The number of nitrogens with one attached hydrogen (secondary N) is 1. The summed E-state index contributed by atoms with van der Waals surface area (Å²) >= 11 is 0. The van der Waals surface area contributed by atoms with Gasteiger partial charge in [0.2, 0.25) is 5.91 Å². The van der Waals surface area contributed by atoms with Gasteiger partial charge in [0, 0.05) is 0 Å². The zero-order chi connectivity index (χ0) is 13.5. The highest BCUT2D eigenvalue weighted by molar-refractivity contribution is 5.93. The molecule has 1 amide bonds. The van der Waals surface area contributed by atoms with E-state index in [1.165, 1.54) is 0 Å². The van der Waals surface area contributed by atoms with Crippen molar-refractivity contribution in [1.82, 2.24) is 0 Å². The van der Waals surface area contributed by atoms with Crippen LogP contribution in [0.15, 0.2) is 47.1 Å². The van der Waals surface area contributed by atoms with Crippen molar-refractivity contribution in [2.24, 2.45) is 0 Å². The second-order valence-electron chi connectivity index (χ2n) is 4.15. The first-order valence-corrected chi connectivity index (χ1v) is 6.33. The van der Waals surface area contributed by atoms with Crippen molar-refractivity contribution in [2.75, 3.05) is 11.9 Å². The molecule has 0 unspecified atom stereocenters. The molecule has 0 saturated heterocycles. The monoisotopic (exact) mass is 259 g/mol. The third-order valence-corrected chi connectivity index (χ3v) is 2.54. The minimum Gasteiger partial charge on any atom is -0.491 e. The molecule has 1 N–H and O–H groups in total. The molecule has 0 saturated carbocycles. The van der Waals surface area contributed by atoms with Crippen molar-refractivity contribution in [3.8, 4) is 5.75 Å². The lowest BCUT2D eigenvalue weighted by Gasteiger charge is -2.11. The fourth-order valence-electron chi connectivity index (χ4n) is 1.67. The summed E-state index contributed by atoms with van der Waals surface area (Å²) in [6.07, 6.45) is 2.70. The van der Waals surface area contributed by atoms with E-state index in [1.807, 2.05) is 31.2 Å². The van der Waals surface area contributed by atoms with E-state index in [2.05, 4.69) is 5.32 Å².